The van der Waals surface area contributed by atoms with E-state index in [-0.39, 0.29) is 5.97 Å². The number of fused-ring (bicyclic) bond motifs is 1. The van der Waals surface area contributed by atoms with Crippen LogP contribution in [0.1, 0.15) is 49.2 Å². The summed E-state index contributed by atoms with van der Waals surface area (Å²) in [7, 11) is 0. The van der Waals surface area contributed by atoms with Crippen molar-refractivity contribution in [1.29, 1.82) is 0 Å². The van der Waals surface area contributed by atoms with Gasteiger partial charge in [0.25, 0.3) is 0 Å². The molecule has 4 aromatic rings. The van der Waals surface area contributed by atoms with Gasteiger partial charge in [0, 0.05) is 48.0 Å². The molecule has 4 heterocycles. The largest absolute Gasteiger partial charge is 0.466 e. The van der Waals surface area contributed by atoms with Gasteiger partial charge < -0.3 is 9.47 Å². The van der Waals surface area contributed by atoms with Crippen molar-refractivity contribution in [3.05, 3.63) is 82.7 Å². The smallest absolute Gasteiger partial charge is 0.305 e. The van der Waals surface area contributed by atoms with Gasteiger partial charge in [-0.1, -0.05) is 18.5 Å². The van der Waals surface area contributed by atoms with Crippen molar-refractivity contribution >= 4 is 23.1 Å². The zero-order valence-electron chi connectivity index (χ0n) is 20.0. The number of aryl methyl sites for hydroxylation is 1. The molecule has 182 valence electrons. The van der Waals surface area contributed by atoms with Gasteiger partial charge in [-0.25, -0.2) is 4.52 Å². The third-order valence-corrected chi connectivity index (χ3v) is 5.99. The van der Waals surface area contributed by atoms with Crippen molar-refractivity contribution in [2.24, 2.45) is 0 Å². The highest BCUT2D eigenvalue weighted by atomic mass is 35.5. The van der Waals surface area contributed by atoms with Gasteiger partial charge in [-0.15, -0.1) is 0 Å². The van der Waals surface area contributed by atoms with Crippen LogP contribution in [0.3, 0.4) is 0 Å². The summed E-state index contributed by atoms with van der Waals surface area (Å²) in [5.41, 5.74) is 6.91. The number of aromatic nitrogens is 4. The Morgan fingerprint density at radius 3 is 2.63 bits per heavy atom. The van der Waals surface area contributed by atoms with Gasteiger partial charge in [0.05, 0.1) is 36.1 Å². The molecule has 0 saturated carbocycles. The second kappa shape index (κ2) is 11.9. The molecule has 0 aromatic carbocycles. The number of carbonyl (C=O) groups is 1. The van der Waals surface area contributed by atoms with Gasteiger partial charge in [0.2, 0.25) is 0 Å². The Kier molecular flexibility index (Phi) is 8.45. The van der Waals surface area contributed by atoms with Gasteiger partial charge in [-0.3, -0.25) is 14.8 Å². The summed E-state index contributed by atoms with van der Waals surface area (Å²) < 4.78 is 13.2. The Bertz CT molecular complexity index is 1290. The molecule has 4 aromatic heterocycles. The minimum Gasteiger partial charge on any atom is -0.466 e. The van der Waals surface area contributed by atoms with E-state index in [2.05, 4.69) is 29.0 Å². The number of hydrogen-bond donors (Lipinski definition) is 0. The summed E-state index contributed by atoms with van der Waals surface area (Å²) in [6, 6.07) is 9.95. The standard InChI is InChI=1S/C27H29ClN4O3/c1-3-22-8-9-25-27(20-14-21(28)16-30-15-20)23(6-5-7-26(33)35-4-2)24(31-32(22)25)18-34-17-19-10-12-29-13-11-19/h8-16H,3-7,17-18H2,1-2H3. The summed E-state index contributed by atoms with van der Waals surface area (Å²) in [5.74, 6) is -0.195. The number of hydrogen-bond acceptors (Lipinski definition) is 6. The third-order valence-electron chi connectivity index (χ3n) is 5.79. The molecule has 0 aliphatic heterocycles. The summed E-state index contributed by atoms with van der Waals surface area (Å²) in [6.45, 7) is 5.08. The maximum atomic E-state index is 12.0. The molecule has 0 bridgehead atoms. The number of ether oxygens (including phenoxy) is 2. The van der Waals surface area contributed by atoms with Crippen molar-refractivity contribution in [3.8, 4) is 11.1 Å². The van der Waals surface area contributed by atoms with Crippen LogP contribution in [-0.2, 0) is 40.3 Å². The lowest BCUT2D eigenvalue weighted by molar-refractivity contribution is -0.143. The van der Waals surface area contributed by atoms with E-state index in [1.54, 1.807) is 18.6 Å². The highest BCUT2D eigenvalue weighted by Crippen LogP contribution is 2.34. The first-order valence-corrected chi connectivity index (χ1v) is 12.2. The predicted molar refractivity (Wildman–Crippen MR) is 135 cm³/mol. The van der Waals surface area contributed by atoms with Gasteiger partial charge in [-0.2, -0.15) is 5.10 Å². The molecular weight excluding hydrogens is 464 g/mol. The average molecular weight is 493 g/mol. The van der Waals surface area contributed by atoms with Crippen molar-refractivity contribution in [3.63, 3.8) is 0 Å². The Morgan fingerprint density at radius 2 is 1.89 bits per heavy atom. The second-order valence-electron chi connectivity index (χ2n) is 8.17. The maximum absolute atomic E-state index is 12.0. The first kappa shape index (κ1) is 24.8. The van der Waals surface area contributed by atoms with Crippen LogP contribution in [0.2, 0.25) is 5.02 Å². The third kappa shape index (κ3) is 6.05. The molecule has 0 aliphatic rings. The molecular formula is C27H29ClN4O3. The fourth-order valence-corrected chi connectivity index (χ4v) is 4.34. The highest BCUT2D eigenvalue weighted by molar-refractivity contribution is 6.30. The van der Waals surface area contributed by atoms with Gasteiger partial charge in [-0.05, 0) is 67.6 Å². The number of pyridine rings is 2. The van der Waals surface area contributed by atoms with E-state index in [1.165, 1.54) is 0 Å². The van der Waals surface area contributed by atoms with Crippen LogP contribution in [0, 0.1) is 0 Å². The molecule has 0 radical (unpaired) electrons. The normalized spacial score (nSPS) is 11.2. The number of carbonyl (C=O) groups excluding carboxylic acids is 1. The lowest BCUT2D eigenvalue weighted by atomic mass is 9.95. The zero-order valence-corrected chi connectivity index (χ0v) is 20.8. The summed E-state index contributed by atoms with van der Waals surface area (Å²) >= 11 is 6.33. The lowest BCUT2D eigenvalue weighted by Gasteiger charge is -2.18. The van der Waals surface area contributed by atoms with Crippen LogP contribution in [0.25, 0.3) is 16.6 Å². The quantitative estimate of drug-likeness (QED) is 0.253. The first-order chi connectivity index (χ1) is 17.1. The average Bonchev–Trinajstić information content (AvgIpc) is 3.27. The SMILES string of the molecule is CCOC(=O)CCCc1c(COCc2ccncc2)nn2c(CC)ccc2c1-c1cncc(Cl)c1. The van der Waals surface area contributed by atoms with Gasteiger partial charge >= 0.3 is 5.97 Å². The van der Waals surface area contributed by atoms with E-state index in [1.807, 2.05) is 35.8 Å². The van der Waals surface area contributed by atoms with E-state index >= 15 is 0 Å². The van der Waals surface area contributed by atoms with Gasteiger partial charge in [0.1, 0.15) is 0 Å². The van der Waals surface area contributed by atoms with Crippen LogP contribution >= 0.6 is 11.6 Å². The van der Waals surface area contributed by atoms with E-state index in [0.717, 1.165) is 45.6 Å². The van der Waals surface area contributed by atoms with E-state index in [4.69, 9.17) is 26.2 Å². The molecule has 7 nitrogen and oxygen atoms in total. The maximum Gasteiger partial charge on any atom is 0.305 e. The monoisotopic (exact) mass is 492 g/mol. The number of nitrogens with zero attached hydrogens (tertiary/aromatic N) is 4. The Labute approximate surface area is 210 Å². The minimum absolute atomic E-state index is 0.195. The lowest BCUT2D eigenvalue weighted by Crippen LogP contribution is -2.11. The molecule has 35 heavy (non-hydrogen) atoms. The number of rotatable bonds is 11. The fourth-order valence-electron chi connectivity index (χ4n) is 4.17. The minimum atomic E-state index is -0.195. The van der Waals surface area contributed by atoms with Crippen molar-refractivity contribution in [1.82, 2.24) is 19.6 Å². The molecule has 0 amide bonds. The molecule has 0 N–H and O–H groups in total. The summed E-state index contributed by atoms with van der Waals surface area (Å²) in [6.07, 6.45) is 9.40. The first-order valence-electron chi connectivity index (χ1n) is 11.9. The Hall–Kier alpha value is -3.29. The molecule has 0 unspecified atom stereocenters. The second-order valence-corrected chi connectivity index (χ2v) is 8.61. The molecule has 8 heteroatoms. The number of halogens is 1. The Balaban J connectivity index is 1.75. The number of esters is 1. The topological polar surface area (TPSA) is 78.6 Å². The molecule has 0 aliphatic carbocycles. The predicted octanol–water partition coefficient (Wildman–Crippen LogP) is 5.61. The molecule has 0 saturated heterocycles. The van der Waals surface area contributed by atoms with Crippen molar-refractivity contribution in [2.45, 2.75) is 52.7 Å². The molecule has 0 spiro atoms. The van der Waals surface area contributed by atoms with Crippen LogP contribution < -0.4 is 0 Å². The van der Waals surface area contributed by atoms with Crippen LogP contribution in [-0.4, -0.2) is 32.2 Å². The zero-order chi connectivity index (χ0) is 24.6. The van der Waals surface area contributed by atoms with Crippen LogP contribution in [0.15, 0.2) is 55.1 Å². The van der Waals surface area contributed by atoms with Crippen molar-refractivity contribution < 1.29 is 14.3 Å². The van der Waals surface area contributed by atoms with Crippen LogP contribution in [0.5, 0.6) is 0 Å². The van der Waals surface area contributed by atoms with E-state index < -0.39 is 0 Å². The molecule has 0 atom stereocenters. The molecule has 4 rings (SSSR count). The summed E-state index contributed by atoms with van der Waals surface area (Å²) in [4.78, 5) is 20.4. The molecule has 0 fully saturated rings. The van der Waals surface area contributed by atoms with Crippen LogP contribution in [0.4, 0.5) is 0 Å². The fraction of sp³-hybridized carbons (Fsp3) is 0.333. The Morgan fingerprint density at radius 1 is 1.06 bits per heavy atom. The highest BCUT2D eigenvalue weighted by Gasteiger charge is 2.20. The van der Waals surface area contributed by atoms with Crippen molar-refractivity contribution in [2.75, 3.05) is 6.61 Å². The van der Waals surface area contributed by atoms with E-state index in [0.29, 0.717) is 44.1 Å². The van der Waals surface area contributed by atoms with Gasteiger partial charge in [0.15, 0.2) is 0 Å². The summed E-state index contributed by atoms with van der Waals surface area (Å²) in [5, 5.41) is 5.55. The van der Waals surface area contributed by atoms with E-state index in [9.17, 15) is 4.79 Å².